The molecule has 0 aliphatic heterocycles. The molecule has 0 aromatic heterocycles. The fourth-order valence-electron chi connectivity index (χ4n) is 1.99. The number of halogens is 4. The first-order chi connectivity index (χ1) is 9.45. The number of nitrogens with two attached hydrogens (primary N) is 1. The van der Waals surface area contributed by atoms with Crippen LogP contribution in [0.2, 0.25) is 0 Å². The summed E-state index contributed by atoms with van der Waals surface area (Å²) in [6, 6.07) is 10.4. The highest BCUT2D eigenvalue weighted by Gasteiger charge is 2.30. The third-order valence-electron chi connectivity index (χ3n) is 3.02. The smallest absolute Gasteiger partial charge is 0.416 e. The molecular formula is C15H15ClF3NO. The van der Waals surface area contributed by atoms with Crippen LogP contribution in [0.3, 0.4) is 0 Å². The zero-order chi connectivity index (χ0) is 14.8. The lowest BCUT2D eigenvalue weighted by molar-refractivity contribution is -0.137. The SMILES string of the molecule is COc1ccc(-c2cccc(C(F)(F)F)c2)cc1CN.Cl. The van der Waals surface area contributed by atoms with Crippen LogP contribution >= 0.6 is 12.4 Å². The molecule has 0 heterocycles. The van der Waals surface area contributed by atoms with Crippen LogP contribution in [0.25, 0.3) is 11.1 Å². The third kappa shape index (κ3) is 3.89. The Morgan fingerprint density at radius 2 is 1.71 bits per heavy atom. The van der Waals surface area contributed by atoms with E-state index in [2.05, 4.69) is 0 Å². The Morgan fingerprint density at radius 1 is 1.05 bits per heavy atom. The van der Waals surface area contributed by atoms with Crippen LogP contribution < -0.4 is 10.5 Å². The number of rotatable bonds is 3. The highest BCUT2D eigenvalue weighted by molar-refractivity contribution is 5.85. The molecule has 0 spiro atoms. The fourth-order valence-corrected chi connectivity index (χ4v) is 1.99. The number of methoxy groups -OCH3 is 1. The van der Waals surface area contributed by atoms with Crippen molar-refractivity contribution in [3.63, 3.8) is 0 Å². The summed E-state index contributed by atoms with van der Waals surface area (Å²) in [7, 11) is 1.53. The largest absolute Gasteiger partial charge is 0.496 e. The second kappa shape index (κ2) is 6.83. The van der Waals surface area contributed by atoms with E-state index in [9.17, 15) is 13.2 Å². The van der Waals surface area contributed by atoms with Gasteiger partial charge in [-0.15, -0.1) is 12.4 Å². The van der Waals surface area contributed by atoms with Crippen molar-refractivity contribution in [1.29, 1.82) is 0 Å². The number of alkyl halides is 3. The van der Waals surface area contributed by atoms with Gasteiger partial charge in [0.05, 0.1) is 12.7 Å². The lowest BCUT2D eigenvalue weighted by Crippen LogP contribution is -2.04. The Bertz CT molecular complexity index is 614. The molecule has 0 saturated heterocycles. The van der Waals surface area contributed by atoms with E-state index in [0.29, 0.717) is 16.9 Å². The van der Waals surface area contributed by atoms with E-state index in [1.807, 2.05) is 0 Å². The first-order valence-electron chi connectivity index (χ1n) is 6.00. The number of ether oxygens (including phenoxy) is 1. The summed E-state index contributed by atoms with van der Waals surface area (Å²) in [5.41, 5.74) is 6.87. The van der Waals surface area contributed by atoms with Crippen LogP contribution in [0.1, 0.15) is 11.1 Å². The molecule has 0 unspecified atom stereocenters. The van der Waals surface area contributed by atoms with Gasteiger partial charge < -0.3 is 10.5 Å². The van der Waals surface area contributed by atoms with Gasteiger partial charge in [-0.05, 0) is 35.4 Å². The quantitative estimate of drug-likeness (QED) is 0.918. The highest BCUT2D eigenvalue weighted by Crippen LogP contribution is 2.33. The lowest BCUT2D eigenvalue weighted by Gasteiger charge is -2.11. The Labute approximate surface area is 127 Å². The maximum absolute atomic E-state index is 12.7. The first-order valence-corrected chi connectivity index (χ1v) is 6.00. The Morgan fingerprint density at radius 3 is 2.29 bits per heavy atom. The molecule has 2 nitrogen and oxygen atoms in total. The average Bonchev–Trinajstić information content (AvgIpc) is 2.45. The molecule has 2 aromatic carbocycles. The van der Waals surface area contributed by atoms with Gasteiger partial charge in [0.15, 0.2) is 0 Å². The van der Waals surface area contributed by atoms with Gasteiger partial charge in [-0.1, -0.05) is 18.2 Å². The molecule has 0 aliphatic carbocycles. The van der Waals surface area contributed by atoms with Crippen molar-refractivity contribution in [1.82, 2.24) is 0 Å². The number of benzene rings is 2. The van der Waals surface area contributed by atoms with Gasteiger partial charge in [-0.25, -0.2) is 0 Å². The maximum atomic E-state index is 12.7. The average molecular weight is 318 g/mol. The van der Waals surface area contributed by atoms with Crippen LogP contribution in [0, 0.1) is 0 Å². The van der Waals surface area contributed by atoms with Crippen molar-refractivity contribution in [3.05, 3.63) is 53.6 Å². The molecule has 0 radical (unpaired) electrons. The van der Waals surface area contributed by atoms with E-state index in [1.54, 1.807) is 24.3 Å². The number of hydrogen-bond donors (Lipinski definition) is 1. The van der Waals surface area contributed by atoms with Crippen molar-refractivity contribution < 1.29 is 17.9 Å². The van der Waals surface area contributed by atoms with Gasteiger partial charge in [0, 0.05) is 12.1 Å². The van der Waals surface area contributed by atoms with Crippen molar-refractivity contribution in [2.45, 2.75) is 12.7 Å². The number of hydrogen-bond acceptors (Lipinski definition) is 2. The van der Waals surface area contributed by atoms with E-state index < -0.39 is 11.7 Å². The van der Waals surface area contributed by atoms with Crippen molar-refractivity contribution in [2.24, 2.45) is 5.73 Å². The molecule has 0 aliphatic rings. The molecule has 114 valence electrons. The molecule has 2 N–H and O–H groups in total. The third-order valence-corrected chi connectivity index (χ3v) is 3.02. The molecule has 2 rings (SSSR count). The molecule has 0 atom stereocenters. The summed E-state index contributed by atoms with van der Waals surface area (Å²) in [6.45, 7) is 0.260. The first kappa shape index (κ1) is 17.3. The minimum Gasteiger partial charge on any atom is -0.496 e. The van der Waals surface area contributed by atoms with Crippen LogP contribution in [-0.4, -0.2) is 7.11 Å². The molecule has 0 amide bonds. The Hall–Kier alpha value is -1.72. The van der Waals surface area contributed by atoms with E-state index in [-0.39, 0.29) is 19.0 Å². The molecule has 6 heteroatoms. The van der Waals surface area contributed by atoms with Crippen molar-refractivity contribution in [2.75, 3.05) is 7.11 Å². The normalized spacial score (nSPS) is 10.9. The topological polar surface area (TPSA) is 35.2 Å². The van der Waals surface area contributed by atoms with Gasteiger partial charge in [-0.3, -0.25) is 0 Å². The molecule has 0 fully saturated rings. The zero-order valence-corrected chi connectivity index (χ0v) is 12.1. The van der Waals surface area contributed by atoms with Crippen LogP contribution in [-0.2, 0) is 12.7 Å². The van der Waals surface area contributed by atoms with Crippen molar-refractivity contribution in [3.8, 4) is 16.9 Å². The molecule has 21 heavy (non-hydrogen) atoms. The summed E-state index contributed by atoms with van der Waals surface area (Å²) in [4.78, 5) is 0. The molecular weight excluding hydrogens is 303 g/mol. The Kier molecular flexibility index (Phi) is 5.63. The lowest BCUT2D eigenvalue weighted by atomic mass is 10.0. The summed E-state index contributed by atoms with van der Waals surface area (Å²) < 4.78 is 43.3. The van der Waals surface area contributed by atoms with Crippen LogP contribution in [0.4, 0.5) is 13.2 Å². The maximum Gasteiger partial charge on any atom is 0.416 e. The second-order valence-electron chi connectivity index (χ2n) is 4.31. The summed E-state index contributed by atoms with van der Waals surface area (Å²) in [6.07, 6.45) is -4.35. The minimum atomic E-state index is -4.35. The van der Waals surface area contributed by atoms with E-state index in [4.69, 9.17) is 10.5 Å². The summed E-state index contributed by atoms with van der Waals surface area (Å²) in [5, 5.41) is 0. The zero-order valence-electron chi connectivity index (χ0n) is 11.3. The van der Waals surface area contributed by atoms with Crippen LogP contribution in [0.15, 0.2) is 42.5 Å². The highest BCUT2D eigenvalue weighted by atomic mass is 35.5. The summed E-state index contributed by atoms with van der Waals surface area (Å²) in [5.74, 6) is 0.628. The minimum absolute atomic E-state index is 0. The fraction of sp³-hybridized carbons (Fsp3) is 0.200. The van der Waals surface area contributed by atoms with Gasteiger partial charge in [-0.2, -0.15) is 13.2 Å². The van der Waals surface area contributed by atoms with Gasteiger partial charge in [0.1, 0.15) is 5.75 Å². The van der Waals surface area contributed by atoms with E-state index in [0.717, 1.165) is 17.7 Å². The van der Waals surface area contributed by atoms with E-state index >= 15 is 0 Å². The van der Waals surface area contributed by atoms with Gasteiger partial charge in [0.2, 0.25) is 0 Å². The van der Waals surface area contributed by atoms with Gasteiger partial charge in [0.25, 0.3) is 0 Å². The standard InChI is InChI=1S/C15H14F3NO.ClH/c1-20-14-6-5-11(7-12(14)9-19)10-3-2-4-13(8-10)15(16,17)18;/h2-8H,9,19H2,1H3;1H. The predicted octanol–water partition coefficient (Wildman–Crippen LogP) is 4.26. The summed E-state index contributed by atoms with van der Waals surface area (Å²) >= 11 is 0. The Balaban J connectivity index is 0.00000220. The van der Waals surface area contributed by atoms with E-state index in [1.165, 1.54) is 13.2 Å². The van der Waals surface area contributed by atoms with Crippen molar-refractivity contribution >= 4 is 12.4 Å². The van der Waals surface area contributed by atoms with Crippen LogP contribution in [0.5, 0.6) is 5.75 Å². The monoisotopic (exact) mass is 317 g/mol. The molecule has 2 aromatic rings. The molecule has 0 saturated carbocycles. The second-order valence-corrected chi connectivity index (χ2v) is 4.31. The van der Waals surface area contributed by atoms with Gasteiger partial charge >= 0.3 is 6.18 Å². The molecule has 0 bridgehead atoms. The predicted molar refractivity (Wildman–Crippen MR) is 78.6 cm³/mol.